The summed E-state index contributed by atoms with van der Waals surface area (Å²) in [6.07, 6.45) is 0.572. The van der Waals surface area contributed by atoms with Gasteiger partial charge in [-0.25, -0.2) is 13.1 Å². The van der Waals surface area contributed by atoms with Crippen molar-refractivity contribution >= 4 is 58.9 Å². The van der Waals surface area contributed by atoms with Gasteiger partial charge in [0.05, 0.1) is 30.8 Å². The Balaban J connectivity index is 1.98. The molecule has 1 saturated heterocycles. The molecule has 2 aromatic rings. The fourth-order valence-corrected chi connectivity index (χ4v) is 6.84. The molecule has 0 aliphatic carbocycles. The molecule has 0 saturated carbocycles. The number of rotatable bonds is 2. The van der Waals surface area contributed by atoms with Crippen molar-refractivity contribution in [3.05, 3.63) is 19.7 Å². The highest BCUT2D eigenvalue weighted by atomic mass is 79.9. The van der Waals surface area contributed by atoms with Crippen LogP contribution in [0.25, 0.3) is 11.3 Å². The van der Waals surface area contributed by atoms with Crippen LogP contribution >= 0.6 is 43.2 Å². The van der Waals surface area contributed by atoms with E-state index >= 15 is 0 Å². The molecule has 0 amide bonds. The van der Waals surface area contributed by atoms with E-state index in [1.807, 2.05) is 6.07 Å². The van der Waals surface area contributed by atoms with Gasteiger partial charge in [-0.2, -0.15) is 5.10 Å². The molecule has 9 heteroatoms. The van der Waals surface area contributed by atoms with Gasteiger partial charge in [0.2, 0.25) is 0 Å². The molecule has 3 rings (SSSR count). The van der Waals surface area contributed by atoms with Crippen LogP contribution in [-0.2, 0) is 9.84 Å². The molecule has 1 fully saturated rings. The molecule has 0 radical (unpaired) electrons. The molecule has 5 nitrogen and oxygen atoms in total. The van der Waals surface area contributed by atoms with Crippen LogP contribution in [0.3, 0.4) is 0 Å². The highest BCUT2D eigenvalue weighted by molar-refractivity contribution is 9.12. The Labute approximate surface area is 137 Å². The number of sulfone groups is 1. The third-order valence-electron chi connectivity index (χ3n) is 3.25. The first kappa shape index (κ1) is 14.6. The summed E-state index contributed by atoms with van der Waals surface area (Å²) in [4.78, 5) is 0. The normalized spacial score (nSPS) is 21.4. The molecule has 0 bridgehead atoms. The van der Waals surface area contributed by atoms with Crippen LogP contribution in [0.1, 0.15) is 12.5 Å². The lowest BCUT2D eigenvalue weighted by Gasteiger charge is -2.09. The van der Waals surface area contributed by atoms with Crippen molar-refractivity contribution in [3.63, 3.8) is 0 Å². The van der Waals surface area contributed by atoms with Gasteiger partial charge in [-0.15, -0.1) is 11.3 Å². The summed E-state index contributed by atoms with van der Waals surface area (Å²) >= 11 is 8.48. The van der Waals surface area contributed by atoms with Crippen molar-refractivity contribution in [2.24, 2.45) is 0 Å². The van der Waals surface area contributed by atoms with Gasteiger partial charge in [-0.1, -0.05) is 0 Å². The molecule has 1 aliphatic rings. The summed E-state index contributed by atoms with van der Waals surface area (Å²) in [7, 11) is -2.95. The van der Waals surface area contributed by atoms with Crippen molar-refractivity contribution in [2.75, 3.05) is 17.2 Å². The maximum absolute atomic E-state index is 11.6. The maximum atomic E-state index is 11.6. The van der Waals surface area contributed by atoms with Gasteiger partial charge in [0.15, 0.2) is 9.84 Å². The summed E-state index contributed by atoms with van der Waals surface area (Å²) in [5.74, 6) is 0.823. The number of nitrogens with zero attached hydrogens (tertiary/aromatic N) is 2. The molecule has 1 atom stereocenters. The van der Waals surface area contributed by atoms with E-state index in [0.29, 0.717) is 12.2 Å². The van der Waals surface area contributed by atoms with Crippen molar-refractivity contribution in [1.29, 1.82) is 0 Å². The van der Waals surface area contributed by atoms with Gasteiger partial charge >= 0.3 is 0 Å². The average molecular weight is 441 g/mol. The van der Waals surface area contributed by atoms with Gasteiger partial charge in [-0.05, 0) is 44.3 Å². The predicted octanol–water partition coefficient (Wildman–Crippen LogP) is 3.08. The molecule has 0 aromatic carbocycles. The Morgan fingerprint density at radius 3 is 2.70 bits per heavy atom. The number of hydrogen-bond donors (Lipinski definition) is 1. The van der Waals surface area contributed by atoms with E-state index in [0.717, 1.165) is 18.8 Å². The standard InChI is InChI=1S/C11H11Br2N3O2S2/c12-9-3-7(11(13)19-9)8-4-10(14)16(15-8)6-1-2-20(17,18)5-6/h3-4,6H,1-2,5,14H2. The number of halogens is 2. The number of nitrogens with two attached hydrogens (primary N) is 1. The molecule has 0 spiro atoms. The number of nitrogen functional groups attached to an aromatic ring is 1. The third kappa shape index (κ3) is 2.68. The fraction of sp³-hybridized carbons (Fsp3) is 0.364. The fourth-order valence-electron chi connectivity index (χ4n) is 2.32. The zero-order chi connectivity index (χ0) is 14.5. The zero-order valence-corrected chi connectivity index (χ0v) is 15.0. The average Bonchev–Trinajstić information content (AvgIpc) is 2.97. The van der Waals surface area contributed by atoms with E-state index in [2.05, 4.69) is 37.0 Å². The molecule has 3 heterocycles. The van der Waals surface area contributed by atoms with E-state index < -0.39 is 9.84 Å². The third-order valence-corrected chi connectivity index (χ3v) is 7.34. The lowest BCUT2D eigenvalue weighted by Crippen LogP contribution is -2.14. The van der Waals surface area contributed by atoms with Gasteiger partial charge < -0.3 is 5.73 Å². The van der Waals surface area contributed by atoms with Gasteiger partial charge in [0.1, 0.15) is 5.82 Å². The number of hydrogen-bond acceptors (Lipinski definition) is 5. The van der Waals surface area contributed by atoms with E-state index in [-0.39, 0.29) is 17.5 Å². The van der Waals surface area contributed by atoms with Gasteiger partial charge in [0, 0.05) is 11.6 Å². The van der Waals surface area contributed by atoms with Crippen LogP contribution < -0.4 is 5.73 Å². The van der Waals surface area contributed by atoms with Crippen LogP contribution in [-0.4, -0.2) is 29.7 Å². The minimum Gasteiger partial charge on any atom is -0.384 e. The van der Waals surface area contributed by atoms with Crippen molar-refractivity contribution in [2.45, 2.75) is 12.5 Å². The Morgan fingerprint density at radius 1 is 1.40 bits per heavy atom. The minimum absolute atomic E-state index is 0.118. The summed E-state index contributed by atoms with van der Waals surface area (Å²) < 4.78 is 26.7. The summed E-state index contributed by atoms with van der Waals surface area (Å²) in [5, 5.41) is 4.48. The van der Waals surface area contributed by atoms with E-state index in [9.17, 15) is 8.42 Å². The molecular weight excluding hydrogens is 430 g/mol. The molecular formula is C11H11Br2N3O2S2. The van der Waals surface area contributed by atoms with Gasteiger partial charge in [-0.3, -0.25) is 0 Å². The second-order valence-corrected chi connectivity index (χ2v) is 10.7. The Bertz CT molecular complexity index is 767. The zero-order valence-electron chi connectivity index (χ0n) is 10.2. The summed E-state index contributed by atoms with van der Waals surface area (Å²) in [6, 6.07) is 3.59. The Morgan fingerprint density at radius 2 is 2.15 bits per heavy atom. The van der Waals surface area contributed by atoms with Crippen LogP contribution in [0.5, 0.6) is 0 Å². The van der Waals surface area contributed by atoms with E-state index in [1.165, 1.54) is 0 Å². The lowest BCUT2D eigenvalue weighted by atomic mass is 10.2. The topological polar surface area (TPSA) is 78.0 Å². The molecule has 2 N–H and O–H groups in total. The van der Waals surface area contributed by atoms with Crippen molar-refractivity contribution < 1.29 is 8.42 Å². The molecule has 2 aromatic heterocycles. The molecule has 20 heavy (non-hydrogen) atoms. The summed E-state index contributed by atoms with van der Waals surface area (Å²) in [5.41, 5.74) is 7.69. The first-order valence-electron chi connectivity index (χ1n) is 5.86. The number of aromatic nitrogens is 2. The molecule has 108 valence electrons. The van der Waals surface area contributed by atoms with Gasteiger partial charge in [0.25, 0.3) is 0 Å². The lowest BCUT2D eigenvalue weighted by molar-refractivity contribution is 0.508. The maximum Gasteiger partial charge on any atom is 0.152 e. The SMILES string of the molecule is Nc1cc(-c2cc(Br)sc2Br)nn1C1CCS(=O)(=O)C1. The second-order valence-electron chi connectivity index (χ2n) is 4.69. The number of anilines is 1. The van der Waals surface area contributed by atoms with Crippen molar-refractivity contribution in [3.8, 4) is 11.3 Å². The smallest absolute Gasteiger partial charge is 0.152 e. The highest BCUT2D eigenvalue weighted by Crippen LogP contribution is 2.39. The van der Waals surface area contributed by atoms with Crippen LogP contribution in [0.2, 0.25) is 0 Å². The molecule has 1 unspecified atom stereocenters. The van der Waals surface area contributed by atoms with E-state index in [1.54, 1.807) is 22.1 Å². The monoisotopic (exact) mass is 439 g/mol. The predicted molar refractivity (Wildman–Crippen MR) is 87.7 cm³/mol. The first-order valence-corrected chi connectivity index (χ1v) is 10.1. The minimum atomic E-state index is -2.95. The van der Waals surface area contributed by atoms with Crippen LogP contribution in [0.4, 0.5) is 5.82 Å². The highest BCUT2D eigenvalue weighted by Gasteiger charge is 2.31. The quantitative estimate of drug-likeness (QED) is 0.778. The first-order chi connectivity index (χ1) is 9.35. The Hall–Kier alpha value is -0.380. The largest absolute Gasteiger partial charge is 0.384 e. The van der Waals surface area contributed by atoms with Crippen LogP contribution in [0, 0.1) is 0 Å². The summed E-state index contributed by atoms with van der Waals surface area (Å²) in [6.45, 7) is 0. The van der Waals surface area contributed by atoms with E-state index in [4.69, 9.17) is 5.73 Å². The van der Waals surface area contributed by atoms with Crippen molar-refractivity contribution in [1.82, 2.24) is 9.78 Å². The Kier molecular flexibility index (Phi) is 3.72. The molecule has 1 aliphatic heterocycles. The number of thiophene rings is 1. The van der Waals surface area contributed by atoms with Crippen LogP contribution in [0.15, 0.2) is 19.7 Å². The second kappa shape index (κ2) is 5.11.